The van der Waals surface area contributed by atoms with E-state index in [1.165, 1.54) is 24.3 Å². The van der Waals surface area contributed by atoms with Gasteiger partial charge in [0.25, 0.3) is 0 Å². The summed E-state index contributed by atoms with van der Waals surface area (Å²) in [5.41, 5.74) is 21.6. The molecule has 4 aliphatic carbocycles. The van der Waals surface area contributed by atoms with E-state index in [0.29, 0.717) is 25.7 Å². The molecular formula is C38H38F2N8O2. The molecule has 2 fully saturated rings. The lowest BCUT2D eigenvalue weighted by atomic mass is 9.61. The summed E-state index contributed by atoms with van der Waals surface area (Å²) in [6.07, 6.45) is 13.4. The number of carbonyl (C=O) groups is 2. The maximum absolute atomic E-state index is 13.2. The van der Waals surface area contributed by atoms with Crippen molar-refractivity contribution in [3.8, 4) is 11.4 Å². The monoisotopic (exact) mass is 676 g/mol. The minimum absolute atomic E-state index is 0.0692. The van der Waals surface area contributed by atoms with Crippen LogP contribution >= 0.6 is 0 Å². The van der Waals surface area contributed by atoms with Crippen LogP contribution in [0.2, 0.25) is 0 Å². The van der Waals surface area contributed by atoms with E-state index in [1.54, 1.807) is 49.0 Å². The maximum Gasteiger partial charge on any atom is 0.140 e. The van der Waals surface area contributed by atoms with Gasteiger partial charge in [-0.1, -0.05) is 16.3 Å². The van der Waals surface area contributed by atoms with Gasteiger partial charge in [0.2, 0.25) is 0 Å². The third kappa shape index (κ3) is 5.78. The van der Waals surface area contributed by atoms with Gasteiger partial charge in [-0.05, 0) is 143 Å². The molecule has 0 spiro atoms. The van der Waals surface area contributed by atoms with Crippen LogP contribution in [0.5, 0.6) is 0 Å². The number of hydrogen-bond donors (Lipinski definition) is 1. The topological polar surface area (TPSA) is 145 Å². The molecule has 4 aromatic rings. The van der Waals surface area contributed by atoms with Crippen molar-refractivity contribution in [1.29, 1.82) is 0 Å². The summed E-state index contributed by atoms with van der Waals surface area (Å²) in [4.78, 5) is 28.0. The normalized spacial score (nSPS) is 24.8. The van der Waals surface area contributed by atoms with Crippen LogP contribution in [-0.2, 0) is 22.4 Å². The minimum atomic E-state index is -0.610. The first-order chi connectivity index (χ1) is 24.0. The van der Waals surface area contributed by atoms with E-state index in [9.17, 15) is 18.4 Å². The average Bonchev–Trinajstić information content (AvgIpc) is 3.70. The maximum atomic E-state index is 13.2. The molecule has 4 atom stereocenters. The molecule has 2 heterocycles. The summed E-state index contributed by atoms with van der Waals surface area (Å²) in [5, 5.41) is 12.8. The van der Waals surface area contributed by atoms with Crippen molar-refractivity contribution >= 4 is 23.7 Å². The summed E-state index contributed by atoms with van der Waals surface area (Å²) in [5.74, 6) is -0.277. The van der Waals surface area contributed by atoms with E-state index in [4.69, 9.17) is 11.3 Å². The van der Waals surface area contributed by atoms with Crippen molar-refractivity contribution in [2.45, 2.75) is 77.3 Å². The molecule has 0 saturated heterocycles. The molecule has 2 N–H and O–H groups in total. The van der Waals surface area contributed by atoms with Crippen molar-refractivity contribution in [3.63, 3.8) is 0 Å². The Labute approximate surface area is 288 Å². The Balaban J connectivity index is 0.000000157. The standard InChI is InChI=1S/C19H18FN5O.C19H20FN3O/c1-12(26)19-9-13-11-22-25(17-6-3-15(20)4-7-17)18(13)8-14(19)2-5-16(10-19)23-24-21;1-12(24)19-9-13-11-22-23(17-6-3-15(20)4-7-17)18(13)8-14(19)2-5-16(21)10-19/h3-4,6-8,11,16H,2,5,9-10H2,1H3;3-4,6-8,11,16H,2,5,9-10,21H2,1H3/t2*16-,19+/m00/s1. The Bertz CT molecular complexity index is 2090. The highest BCUT2D eigenvalue weighted by molar-refractivity contribution is 5.90. The molecule has 0 unspecified atom stereocenters. The molecular weight excluding hydrogens is 638 g/mol. The Morgan fingerprint density at radius 3 is 1.72 bits per heavy atom. The Morgan fingerprint density at radius 2 is 1.26 bits per heavy atom. The fourth-order valence-electron chi connectivity index (χ4n) is 8.33. The summed E-state index contributed by atoms with van der Waals surface area (Å²) >= 11 is 0. The second-order valence-electron chi connectivity index (χ2n) is 14.0. The van der Waals surface area contributed by atoms with Crippen molar-refractivity contribution in [3.05, 3.63) is 117 Å². The van der Waals surface area contributed by atoms with Gasteiger partial charge >= 0.3 is 0 Å². The molecule has 50 heavy (non-hydrogen) atoms. The summed E-state index contributed by atoms with van der Waals surface area (Å²) in [6, 6.07) is 12.4. The van der Waals surface area contributed by atoms with Crippen LogP contribution in [0.1, 0.15) is 74.9 Å². The van der Waals surface area contributed by atoms with E-state index in [0.717, 1.165) is 70.7 Å². The zero-order valence-electron chi connectivity index (χ0n) is 28.0. The number of ketones is 2. The third-order valence-corrected chi connectivity index (χ3v) is 11.0. The van der Waals surface area contributed by atoms with Gasteiger partial charge in [0.05, 0.1) is 46.0 Å². The molecule has 0 amide bonds. The van der Waals surface area contributed by atoms with Gasteiger partial charge in [-0.2, -0.15) is 10.2 Å². The Hall–Kier alpha value is -5.19. The van der Waals surface area contributed by atoms with Crippen LogP contribution in [0.25, 0.3) is 34.0 Å². The second-order valence-corrected chi connectivity index (χ2v) is 14.0. The number of benzene rings is 2. The average molecular weight is 677 g/mol. The lowest BCUT2D eigenvalue weighted by molar-refractivity contribution is -0.126. The van der Waals surface area contributed by atoms with E-state index in [-0.39, 0.29) is 35.3 Å². The van der Waals surface area contributed by atoms with Crippen LogP contribution in [0.15, 0.2) is 77.2 Å². The number of rotatable bonds is 5. The number of halogens is 2. The van der Waals surface area contributed by atoms with Crippen LogP contribution in [0.4, 0.5) is 8.78 Å². The van der Waals surface area contributed by atoms with Crippen molar-refractivity contribution in [1.82, 2.24) is 19.6 Å². The first kappa shape index (κ1) is 33.3. The Kier molecular flexibility index (Phi) is 8.61. The van der Waals surface area contributed by atoms with Gasteiger partial charge < -0.3 is 5.73 Å². The van der Waals surface area contributed by atoms with Crippen LogP contribution < -0.4 is 5.73 Å². The van der Waals surface area contributed by atoms with Gasteiger partial charge in [0.15, 0.2) is 0 Å². The number of nitrogens with two attached hydrogens (primary N) is 1. The molecule has 2 saturated carbocycles. The highest BCUT2D eigenvalue weighted by atomic mass is 19.1. The molecule has 2 aromatic heterocycles. The first-order valence-electron chi connectivity index (χ1n) is 16.9. The Morgan fingerprint density at radius 1 is 0.800 bits per heavy atom. The van der Waals surface area contributed by atoms with Crippen LogP contribution in [-0.4, -0.2) is 43.2 Å². The van der Waals surface area contributed by atoms with E-state index in [2.05, 4.69) is 26.3 Å². The zero-order valence-corrected chi connectivity index (χ0v) is 28.0. The van der Waals surface area contributed by atoms with Crippen molar-refractivity contribution in [2.75, 3.05) is 0 Å². The number of azide groups is 1. The van der Waals surface area contributed by atoms with E-state index in [1.807, 2.05) is 17.0 Å². The van der Waals surface area contributed by atoms with Gasteiger partial charge in [-0.3, -0.25) is 9.59 Å². The molecule has 0 radical (unpaired) electrons. The largest absolute Gasteiger partial charge is 0.328 e. The lowest BCUT2D eigenvalue weighted by Crippen LogP contribution is -2.45. The molecule has 2 aromatic carbocycles. The number of fused-ring (bicyclic) bond motifs is 4. The van der Waals surface area contributed by atoms with Gasteiger partial charge in [0.1, 0.15) is 23.2 Å². The third-order valence-electron chi connectivity index (χ3n) is 11.0. The SMILES string of the molecule is CC(=O)[C@]12Cc3cnn(-c4ccc(F)cc4)c3C=C1CC[C@H](N)C2.CC(=O)[C@]12Cc3cnn(-c4ccc(F)cc4)c3C=C1CC[C@H](N=[N+]=[N-])C2. The molecule has 0 bridgehead atoms. The number of aromatic nitrogens is 4. The quantitative estimate of drug-likeness (QED) is 0.133. The van der Waals surface area contributed by atoms with Gasteiger partial charge in [-0.15, -0.1) is 0 Å². The highest BCUT2D eigenvalue weighted by Gasteiger charge is 2.47. The number of carbonyl (C=O) groups excluding carboxylic acids is 2. The molecule has 10 nitrogen and oxygen atoms in total. The number of Topliss-reactive ketones (excluding diaryl/α,β-unsaturated/α-hetero) is 2. The number of nitrogens with zero attached hydrogens (tertiary/aromatic N) is 7. The summed E-state index contributed by atoms with van der Waals surface area (Å²) < 4.78 is 30.0. The lowest BCUT2D eigenvalue weighted by Gasteiger charge is -2.42. The van der Waals surface area contributed by atoms with Crippen molar-refractivity contribution in [2.24, 2.45) is 21.7 Å². The number of allylic oxidation sites excluding steroid dienone is 2. The minimum Gasteiger partial charge on any atom is -0.328 e. The predicted molar refractivity (Wildman–Crippen MR) is 185 cm³/mol. The highest BCUT2D eigenvalue weighted by Crippen LogP contribution is 2.50. The van der Waals surface area contributed by atoms with Crippen LogP contribution in [0, 0.1) is 22.5 Å². The molecule has 4 aliphatic rings. The summed E-state index contributed by atoms with van der Waals surface area (Å²) in [7, 11) is 0. The van der Waals surface area contributed by atoms with E-state index < -0.39 is 10.8 Å². The summed E-state index contributed by atoms with van der Waals surface area (Å²) in [6.45, 7) is 3.28. The van der Waals surface area contributed by atoms with Gasteiger partial charge in [0, 0.05) is 17.0 Å². The predicted octanol–water partition coefficient (Wildman–Crippen LogP) is 7.43. The molecule has 8 rings (SSSR count). The van der Waals surface area contributed by atoms with Crippen LogP contribution in [0.3, 0.4) is 0 Å². The zero-order chi connectivity index (χ0) is 35.2. The smallest absolute Gasteiger partial charge is 0.140 e. The number of hydrogen-bond acceptors (Lipinski definition) is 6. The van der Waals surface area contributed by atoms with Crippen molar-refractivity contribution < 1.29 is 18.4 Å². The molecule has 12 heteroatoms. The van der Waals surface area contributed by atoms with Gasteiger partial charge in [-0.25, -0.2) is 18.1 Å². The second kappa shape index (κ2) is 12.9. The molecule has 256 valence electrons. The molecule has 0 aliphatic heterocycles. The fourth-order valence-corrected chi connectivity index (χ4v) is 8.33. The first-order valence-corrected chi connectivity index (χ1v) is 16.9. The fraction of sp³-hybridized carbons (Fsp3) is 0.368. The van der Waals surface area contributed by atoms with E-state index >= 15 is 0 Å².